The Morgan fingerprint density at radius 3 is 2.90 bits per heavy atom. The summed E-state index contributed by atoms with van der Waals surface area (Å²) in [7, 11) is 0. The summed E-state index contributed by atoms with van der Waals surface area (Å²) in [6, 6.07) is 2.81. The van der Waals surface area contributed by atoms with Crippen molar-refractivity contribution in [2.75, 3.05) is 13.1 Å². The molecule has 2 fully saturated rings. The highest BCUT2D eigenvalue weighted by molar-refractivity contribution is 5.91. The number of nitrogens with zero attached hydrogens (tertiary/aromatic N) is 2. The van der Waals surface area contributed by atoms with Crippen molar-refractivity contribution >= 4 is 17.7 Å². The summed E-state index contributed by atoms with van der Waals surface area (Å²) >= 11 is 0. The molecule has 9 nitrogen and oxygen atoms in total. The molecule has 1 aromatic heterocycles. The van der Waals surface area contributed by atoms with E-state index in [1.54, 1.807) is 24.5 Å². The van der Waals surface area contributed by atoms with Crippen molar-refractivity contribution in [1.82, 2.24) is 20.5 Å². The highest BCUT2D eigenvalue weighted by atomic mass is 16.6. The first kappa shape index (κ1) is 21.2. The summed E-state index contributed by atoms with van der Waals surface area (Å²) in [6.07, 6.45) is 4.63. The molecule has 2 aliphatic rings. The fourth-order valence-corrected chi connectivity index (χ4v) is 3.90. The smallest absolute Gasteiger partial charge is 0.243 e. The number of aliphatic hydroxyl groups is 1. The van der Waals surface area contributed by atoms with Gasteiger partial charge < -0.3 is 25.4 Å². The van der Waals surface area contributed by atoms with E-state index in [0.29, 0.717) is 25.8 Å². The van der Waals surface area contributed by atoms with E-state index in [-0.39, 0.29) is 42.8 Å². The topological polar surface area (TPSA) is 121 Å². The Kier molecular flexibility index (Phi) is 7.16. The van der Waals surface area contributed by atoms with Crippen molar-refractivity contribution < 1.29 is 24.2 Å². The molecule has 3 N–H and O–H groups in total. The van der Waals surface area contributed by atoms with Crippen molar-refractivity contribution in [3.63, 3.8) is 0 Å². The molecule has 4 atom stereocenters. The molecule has 0 aromatic carbocycles. The number of ether oxygens (including phenoxy) is 1. The molecule has 0 aliphatic carbocycles. The van der Waals surface area contributed by atoms with E-state index >= 15 is 0 Å². The summed E-state index contributed by atoms with van der Waals surface area (Å²) in [4.78, 5) is 42.8. The summed E-state index contributed by atoms with van der Waals surface area (Å²) in [5.41, 5.74) is 0.767. The maximum atomic E-state index is 12.7. The molecule has 2 saturated heterocycles. The summed E-state index contributed by atoms with van der Waals surface area (Å²) in [5, 5.41) is 15.3. The summed E-state index contributed by atoms with van der Waals surface area (Å²) in [6.45, 7) is 2.19. The number of hydrogen-bond donors (Lipinski definition) is 3. The lowest BCUT2D eigenvalue weighted by atomic mass is 10.0. The quantitative estimate of drug-likeness (QED) is 0.600. The predicted octanol–water partition coefficient (Wildman–Crippen LogP) is -0.267. The standard InChI is InChI=1S/C20H28N4O5/c1-13-8-15(10-19(27)29-13)23-20(28)16-5-3-7-24(16)18(26)12-22-17(25)9-14-4-2-6-21-11-14/h2,4,6,11,13,15-16,19,27H,3,5,7-10,12H2,1H3,(H,22,25)(H,23,28). The Bertz CT molecular complexity index is 719. The van der Waals surface area contributed by atoms with Crippen LogP contribution in [-0.2, 0) is 25.5 Å². The Morgan fingerprint density at radius 2 is 2.17 bits per heavy atom. The van der Waals surface area contributed by atoms with Gasteiger partial charge in [0.1, 0.15) is 6.04 Å². The lowest BCUT2D eigenvalue weighted by molar-refractivity contribution is -0.166. The number of pyridine rings is 1. The zero-order valence-electron chi connectivity index (χ0n) is 16.5. The largest absolute Gasteiger partial charge is 0.368 e. The van der Waals surface area contributed by atoms with Crippen LogP contribution in [0.3, 0.4) is 0 Å². The third-order valence-electron chi connectivity index (χ3n) is 5.24. The minimum Gasteiger partial charge on any atom is -0.368 e. The van der Waals surface area contributed by atoms with Crippen LogP contribution < -0.4 is 10.6 Å². The van der Waals surface area contributed by atoms with Crippen LogP contribution in [0.25, 0.3) is 0 Å². The van der Waals surface area contributed by atoms with Gasteiger partial charge >= 0.3 is 0 Å². The highest BCUT2D eigenvalue weighted by Crippen LogP contribution is 2.21. The number of amides is 3. The molecule has 0 spiro atoms. The maximum Gasteiger partial charge on any atom is 0.243 e. The van der Waals surface area contributed by atoms with E-state index in [4.69, 9.17) is 4.74 Å². The molecule has 0 saturated carbocycles. The van der Waals surface area contributed by atoms with E-state index in [1.165, 1.54) is 4.90 Å². The van der Waals surface area contributed by atoms with Gasteiger partial charge in [-0.05, 0) is 37.8 Å². The van der Waals surface area contributed by atoms with Gasteiger partial charge in [0.15, 0.2) is 6.29 Å². The SMILES string of the molecule is CC1CC(NC(=O)C2CCCN2C(=O)CNC(=O)Cc2cccnc2)CC(O)O1. The molecule has 3 heterocycles. The number of nitrogens with one attached hydrogen (secondary N) is 2. The van der Waals surface area contributed by atoms with Crippen LogP contribution in [0.4, 0.5) is 0 Å². The normalized spacial score (nSPS) is 26.8. The number of carbonyl (C=O) groups is 3. The number of carbonyl (C=O) groups excluding carboxylic acids is 3. The van der Waals surface area contributed by atoms with Crippen molar-refractivity contribution in [1.29, 1.82) is 0 Å². The number of aliphatic hydroxyl groups excluding tert-OH is 1. The molecule has 9 heteroatoms. The Balaban J connectivity index is 1.48. The van der Waals surface area contributed by atoms with Crippen LogP contribution in [-0.4, -0.2) is 70.3 Å². The first-order valence-corrected chi connectivity index (χ1v) is 10.0. The van der Waals surface area contributed by atoms with Gasteiger partial charge in [-0.1, -0.05) is 6.07 Å². The lowest BCUT2D eigenvalue weighted by Gasteiger charge is -2.33. The number of likely N-dealkylation sites (tertiary alicyclic amines) is 1. The molecule has 0 bridgehead atoms. The van der Waals surface area contributed by atoms with Crippen molar-refractivity contribution in [2.45, 2.75) is 63.5 Å². The third-order valence-corrected chi connectivity index (χ3v) is 5.24. The highest BCUT2D eigenvalue weighted by Gasteiger charge is 2.36. The van der Waals surface area contributed by atoms with Gasteiger partial charge in [-0.25, -0.2) is 0 Å². The van der Waals surface area contributed by atoms with Gasteiger partial charge in [-0.2, -0.15) is 0 Å². The van der Waals surface area contributed by atoms with Gasteiger partial charge in [0.25, 0.3) is 0 Å². The second kappa shape index (κ2) is 9.80. The van der Waals surface area contributed by atoms with E-state index in [9.17, 15) is 19.5 Å². The summed E-state index contributed by atoms with van der Waals surface area (Å²) < 4.78 is 5.28. The maximum absolute atomic E-state index is 12.7. The van der Waals surface area contributed by atoms with Crippen molar-refractivity contribution in [2.24, 2.45) is 0 Å². The van der Waals surface area contributed by atoms with Gasteiger partial charge in [0.2, 0.25) is 17.7 Å². The molecule has 3 amide bonds. The van der Waals surface area contributed by atoms with E-state index in [2.05, 4.69) is 15.6 Å². The molecule has 3 rings (SSSR count). The van der Waals surface area contributed by atoms with Crippen LogP contribution in [0.15, 0.2) is 24.5 Å². The molecule has 158 valence electrons. The van der Waals surface area contributed by atoms with E-state index in [0.717, 1.165) is 12.0 Å². The zero-order chi connectivity index (χ0) is 20.8. The molecular formula is C20H28N4O5. The van der Waals surface area contributed by atoms with Gasteiger partial charge in [-0.15, -0.1) is 0 Å². The van der Waals surface area contributed by atoms with E-state index < -0.39 is 12.3 Å². The zero-order valence-corrected chi connectivity index (χ0v) is 16.5. The van der Waals surface area contributed by atoms with Crippen LogP contribution in [0.5, 0.6) is 0 Å². The minimum atomic E-state index is -0.889. The fourth-order valence-electron chi connectivity index (χ4n) is 3.90. The van der Waals surface area contributed by atoms with Gasteiger partial charge in [0.05, 0.1) is 19.1 Å². The summed E-state index contributed by atoms with van der Waals surface area (Å²) in [5.74, 6) is -0.761. The van der Waals surface area contributed by atoms with Crippen LogP contribution in [0, 0.1) is 0 Å². The number of rotatable bonds is 6. The second-order valence-electron chi connectivity index (χ2n) is 7.64. The second-order valence-corrected chi connectivity index (χ2v) is 7.64. The average Bonchev–Trinajstić information content (AvgIpc) is 3.16. The Morgan fingerprint density at radius 1 is 1.34 bits per heavy atom. The van der Waals surface area contributed by atoms with E-state index in [1.807, 2.05) is 6.92 Å². The fraction of sp³-hybridized carbons (Fsp3) is 0.600. The van der Waals surface area contributed by atoms with Crippen molar-refractivity contribution in [3.05, 3.63) is 30.1 Å². The molecular weight excluding hydrogens is 376 g/mol. The molecule has 1 aromatic rings. The molecule has 29 heavy (non-hydrogen) atoms. The molecule has 0 radical (unpaired) electrons. The van der Waals surface area contributed by atoms with Gasteiger partial charge in [0, 0.05) is 31.4 Å². The first-order chi connectivity index (χ1) is 13.9. The third kappa shape index (κ3) is 5.98. The van der Waals surface area contributed by atoms with Crippen molar-refractivity contribution in [3.8, 4) is 0 Å². The number of hydrogen-bond acceptors (Lipinski definition) is 6. The van der Waals surface area contributed by atoms with Crippen LogP contribution >= 0.6 is 0 Å². The Hall–Kier alpha value is -2.52. The molecule has 4 unspecified atom stereocenters. The first-order valence-electron chi connectivity index (χ1n) is 10.0. The Labute approximate surface area is 169 Å². The number of aromatic nitrogens is 1. The van der Waals surface area contributed by atoms with Crippen LogP contribution in [0.1, 0.15) is 38.2 Å². The molecule has 2 aliphatic heterocycles. The van der Waals surface area contributed by atoms with Crippen LogP contribution in [0.2, 0.25) is 0 Å². The predicted molar refractivity (Wildman–Crippen MR) is 103 cm³/mol. The van der Waals surface area contributed by atoms with Gasteiger partial charge in [-0.3, -0.25) is 19.4 Å². The monoisotopic (exact) mass is 404 g/mol. The average molecular weight is 404 g/mol. The minimum absolute atomic E-state index is 0.139. The lowest BCUT2D eigenvalue weighted by Crippen LogP contribution is -2.53.